The number of hydrogen-bond donors (Lipinski definition) is 5. The zero-order valence-electron chi connectivity index (χ0n) is 53.4. The maximum absolute atomic E-state index is 14.3. The Bertz CT molecular complexity index is 3870. The Labute approximate surface area is 523 Å². The molecule has 2 heterocycles. The summed E-state index contributed by atoms with van der Waals surface area (Å²) in [6.07, 6.45) is 4.14. The molecule has 6 N–H and O–H groups in total. The van der Waals surface area contributed by atoms with Crippen molar-refractivity contribution in [1.82, 2.24) is 14.9 Å². The minimum Gasteiger partial charge on any atom is -0.497 e. The van der Waals surface area contributed by atoms with Gasteiger partial charge >= 0.3 is 12.2 Å². The number of H-pyrrole nitrogens is 1. The Balaban J connectivity index is 0.912. The van der Waals surface area contributed by atoms with Crippen LogP contribution in [0.25, 0.3) is 21.8 Å². The van der Waals surface area contributed by atoms with Crippen LogP contribution in [0.3, 0.4) is 0 Å². The fourth-order valence-corrected chi connectivity index (χ4v) is 12.8. The summed E-state index contributed by atoms with van der Waals surface area (Å²) < 4.78 is 58.5. The fourth-order valence-electron chi connectivity index (χ4n) is 10.1. The lowest BCUT2D eigenvalue weighted by atomic mass is 9.86. The number of nitrogens with zero attached hydrogens (tertiary/aromatic N) is 2. The second kappa shape index (κ2) is 28.6. The number of carbonyl (C=O) groups excluding carboxylic acids is 3. The Morgan fingerprint density at radius 1 is 0.798 bits per heavy atom. The average molecular weight is 1260 g/mol. The number of carbonyl (C=O) groups is 4. The zero-order valence-corrected chi connectivity index (χ0v) is 55.2. The van der Waals surface area contributed by atoms with Crippen LogP contribution in [0.5, 0.6) is 11.5 Å². The number of pyridine rings is 2. The number of benzene rings is 5. The van der Waals surface area contributed by atoms with Crippen molar-refractivity contribution in [3.63, 3.8) is 0 Å². The van der Waals surface area contributed by atoms with Crippen molar-refractivity contribution in [3.05, 3.63) is 154 Å². The second-order valence-corrected chi connectivity index (χ2v) is 32.8. The van der Waals surface area contributed by atoms with Crippen molar-refractivity contribution in [3.8, 4) is 11.5 Å². The van der Waals surface area contributed by atoms with Crippen LogP contribution in [-0.4, -0.2) is 99.3 Å². The molecule has 0 aliphatic rings. The number of rotatable bonds is 26. The normalized spacial score (nSPS) is 13.0. The van der Waals surface area contributed by atoms with Gasteiger partial charge in [-0.3, -0.25) is 19.4 Å². The third-order valence-electron chi connectivity index (χ3n) is 15.9. The number of nitrogens with one attached hydrogen (secondary N) is 3. The lowest BCUT2D eigenvalue weighted by molar-refractivity contribution is -0.0255. The highest BCUT2D eigenvalue weighted by molar-refractivity contribution is 7.91. The van der Waals surface area contributed by atoms with E-state index in [4.69, 9.17) is 29.1 Å². The summed E-state index contributed by atoms with van der Waals surface area (Å²) in [5, 5.41) is 17.4. The summed E-state index contributed by atoms with van der Waals surface area (Å²) in [6, 6.07) is 29.7. The molecule has 0 spiro atoms. The minimum absolute atomic E-state index is 0.0219. The number of amides is 3. The second-order valence-electron chi connectivity index (χ2n) is 26.0. The van der Waals surface area contributed by atoms with Crippen molar-refractivity contribution >= 4 is 81.1 Å². The van der Waals surface area contributed by atoms with E-state index in [9.17, 15) is 37.5 Å². The van der Waals surface area contributed by atoms with Crippen LogP contribution in [0.1, 0.15) is 144 Å². The first kappa shape index (κ1) is 68.4. The number of methoxy groups -OCH3 is 1. The molecule has 0 aliphatic heterocycles. The highest BCUT2D eigenvalue weighted by atomic mass is 32.2. The molecule has 7 rings (SSSR count). The standard InChI is InChI=1S/C68H86N6O13SSi/c1-43-37-50(40-53-59(43)70-41-54(62(69)76)60(53)71-47-23-20-24-48(39-47)83-11)88(81,82)49-25-19-22-45(38-49)63(77)72-46-29-27-44(28-30-46)21-16-18-36-84-57(66(2,3)4)26-15-14-17-35-74(64(78)79)42-56(87-89(12,13)68(8,9)10)51-31-33-55(85-65(80)86-67(5,6)7)61-52(51)32-34-58(75)73-61/h19-20,22-25,27-34,37-41,56-57H,14-18,21,26,35-36,42H2,1-13H3,(H2,69,76)(H,70,71)(H,72,77)(H,73,75)(H,78,79)/t56?,57-/m1/s1. The van der Waals surface area contributed by atoms with Gasteiger partial charge in [0.15, 0.2) is 14.1 Å². The summed E-state index contributed by atoms with van der Waals surface area (Å²) in [5.74, 6) is -0.582. The van der Waals surface area contributed by atoms with Gasteiger partial charge in [-0.05, 0) is 167 Å². The maximum atomic E-state index is 14.3. The number of aromatic amines is 1. The molecule has 0 aliphatic carbocycles. The Kier molecular flexibility index (Phi) is 22.0. The van der Waals surface area contributed by atoms with Gasteiger partial charge in [-0.1, -0.05) is 84.7 Å². The molecular formula is C68H86N6O13SSi. The van der Waals surface area contributed by atoms with Gasteiger partial charge in [0.25, 0.3) is 11.8 Å². The molecule has 19 nitrogen and oxygen atoms in total. The molecule has 1 unspecified atom stereocenters. The number of anilines is 3. The van der Waals surface area contributed by atoms with E-state index in [1.54, 1.807) is 76.2 Å². The molecule has 0 saturated heterocycles. The summed E-state index contributed by atoms with van der Waals surface area (Å²) in [5.41, 5.74) is 9.05. The number of aromatic nitrogens is 2. The Hall–Kier alpha value is -8.11. The first-order valence-corrected chi connectivity index (χ1v) is 34.4. The fraction of sp³-hybridized carbons (Fsp3) is 0.412. The number of nitrogens with two attached hydrogens (primary N) is 1. The van der Waals surface area contributed by atoms with Crippen molar-refractivity contribution < 1.29 is 56.1 Å². The molecule has 7 aromatic rings. The van der Waals surface area contributed by atoms with Crippen LogP contribution in [0.4, 0.5) is 26.7 Å². The van der Waals surface area contributed by atoms with Gasteiger partial charge in [0.05, 0.1) is 57.9 Å². The van der Waals surface area contributed by atoms with Crippen LogP contribution < -0.4 is 31.4 Å². The lowest BCUT2D eigenvalue weighted by Crippen LogP contribution is -2.45. The number of carboxylic acid groups (broad SMARTS) is 1. The SMILES string of the molecule is COc1cccc(Nc2c(C(N)=O)cnc3c(C)cc(S(=O)(=O)c4cccc(C(=O)Nc5ccc(CCCCO[C@H](CCCCCN(CC(O[Si](C)(C)C(C)(C)C)c6ccc(OC(=O)OC(C)(C)C)c7[nH]c(=O)ccc67)C(=O)O)C(C)(C)C)cc5)c4)cc23)c1. The van der Waals surface area contributed by atoms with Gasteiger partial charge in [0.2, 0.25) is 15.4 Å². The number of sulfone groups is 1. The molecule has 0 radical (unpaired) electrons. The molecular weight excluding hydrogens is 1170 g/mol. The molecule has 21 heteroatoms. The van der Waals surface area contributed by atoms with Gasteiger partial charge in [0.1, 0.15) is 11.4 Å². The smallest absolute Gasteiger partial charge is 0.497 e. The molecule has 5 aromatic carbocycles. The monoisotopic (exact) mass is 1250 g/mol. The summed E-state index contributed by atoms with van der Waals surface area (Å²) in [7, 11) is -5.19. The summed E-state index contributed by atoms with van der Waals surface area (Å²) in [4.78, 5) is 73.1. The number of ether oxygens (including phenoxy) is 4. The van der Waals surface area contributed by atoms with Crippen LogP contribution in [0.2, 0.25) is 18.1 Å². The van der Waals surface area contributed by atoms with E-state index < -0.39 is 59.5 Å². The summed E-state index contributed by atoms with van der Waals surface area (Å²) in [6.45, 7) is 24.8. The zero-order chi connectivity index (χ0) is 65.2. The Morgan fingerprint density at radius 3 is 2.18 bits per heavy atom. The largest absolute Gasteiger partial charge is 0.514 e. The molecule has 476 valence electrons. The van der Waals surface area contributed by atoms with E-state index in [1.165, 1.54) is 54.6 Å². The van der Waals surface area contributed by atoms with Gasteiger partial charge in [-0.25, -0.2) is 18.0 Å². The molecule has 0 saturated carbocycles. The van der Waals surface area contributed by atoms with Crippen LogP contribution >= 0.6 is 0 Å². The molecule has 3 amide bonds. The molecule has 2 atom stereocenters. The molecule has 2 aromatic heterocycles. The highest BCUT2D eigenvalue weighted by Crippen LogP contribution is 2.42. The van der Waals surface area contributed by atoms with Crippen LogP contribution in [0, 0.1) is 12.3 Å². The number of primary amides is 1. The van der Waals surface area contributed by atoms with E-state index in [0.29, 0.717) is 57.6 Å². The molecule has 89 heavy (non-hydrogen) atoms. The van der Waals surface area contributed by atoms with E-state index in [2.05, 4.69) is 75.2 Å². The predicted molar refractivity (Wildman–Crippen MR) is 350 cm³/mol. The number of fused-ring (bicyclic) bond motifs is 2. The first-order valence-electron chi connectivity index (χ1n) is 30.0. The van der Waals surface area contributed by atoms with Crippen molar-refractivity contribution in [2.24, 2.45) is 11.1 Å². The maximum Gasteiger partial charge on any atom is 0.514 e. The van der Waals surface area contributed by atoms with E-state index >= 15 is 0 Å². The Morgan fingerprint density at radius 2 is 1.52 bits per heavy atom. The number of aryl methyl sites for hydroxylation is 2. The van der Waals surface area contributed by atoms with Gasteiger partial charge in [-0.15, -0.1) is 0 Å². The van der Waals surface area contributed by atoms with E-state index in [-0.39, 0.29) is 67.5 Å². The topological polar surface area (TPSA) is 268 Å². The highest BCUT2D eigenvalue weighted by Gasteiger charge is 2.41. The van der Waals surface area contributed by atoms with Crippen molar-refractivity contribution in [2.75, 3.05) is 37.4 Å². The lowest BCUT2D eigenvalue weighted by Gasteiger charge is -2.40. The van der Waals surface area contributed by atoms with Crippen molar-refractivity contribution in [1.29, 1.82) is 0 Å². The van der Waals surface area contributed by atoms with Crippen LogP contribution in [-0.2, 0) is 30.2 Å². The number of hydrogen-bond acceptors (Lipinski definition) is 14. The van der Waals surface area contributed by atoms with Crippen molar-refractivity contribution in [2.45, 2.75) is 160 Å². The minimum atomic E-state index is -4.20. The average Bonchev–Trinajstić information content (AvgIpc) is 0.863. The van der Waals surface area contributed by atoms with Gasteiger partial charge < -0.3 is 54.7 Å². The molecule has 0 fully saturated rings. The number of unbranched alkanes of at least 4 members (excludes halogenated alkanes) is 3. The third-order valence-corrected chi connectivity index (χ3v) is 22.1. The third kappa shape index (κ3) is 18.0. The van der Waals surface area contributed by atoms with Gasteiger partial charge in [-0.2, -0.15) is 0 Å². The summed E-state index contributed by atoms with van der Waals surface area (Å²) >= 11 is 0. The van der Waals surface area contributed by atoms with Gasteiger partial charge in [0, 0.05) is 59.2 Å². The quantitative estimate of drug-likeness (QED) is 0.0146. The van der Waals surface area contributed by atoms with E-state index in [0.717, 1.165) is 44.1 Å². The predicted octanol–water partition coefficient (Wildman–Crippen LogP) is 14.7. The first-order chi connectivity index (χ1) is 41.7. The van der Waals surface area contributed by atoms with E-state index in [1.807, 2.05) is 24.3 Å². The van der Waals surface area contributed by atoms with Crippen LogP contribution in [0.15, 0.2) is 130 Å². The molecule has 0 bridgehead atoms.